The highest BCUT2D eigenvalue weighted by Gasteiger charge is 2.24. The minimum absolute atomic E-state index is 0.240. The number of benzene rings is 1. The summed E-state index contributed by atoms with van der Waals surface area (Å²) in [5.41, 5.74) is 0. The lowest BCUT2D eigenvalue weighted by molar-refractivity contribution is 0.105. The molecule has 2 heterocycles. The van der Waals surface area contributed by atoms with E-state index in [1.165, 1.54) is 0 Å². The van der Waals surface area contributed by atoms with Crippen molar-refractivity contribution in [2.45, 2.75) is 6.92 Å². The number of piperazine rings is 1. The summed E-state index contributed by atoms with van der Waals surface area (Å²) in [6.45, 7) is 4.95. The molecular weight excluding hydrogens is 374 g/mol. The maximum Gasteiger partial charge on any atom is 0.409 e. The molecule has 1 aliphatic heterocycles. The first kappa shape index (κ1) is 16.8. The zero-order valence-corrected chi connectivity index (χ0v) is 15.4. The van der Waals surface area contributed by atoms with Gasteiger partial charge in [0.05, 0.1) is 13.7 Å². The molecule has 1 aromatic heterocycles. The SMILES string of the molecule is CCOC(=O)N1CCN(c2ncc(Br)c3cc(OC)ccc23)CC1. The summed E-state index contributed by atoms with van der Waals surface area (Å²) in [4.78, 5) is 20.4. The first-order chi connectivity index (χ1) is 11.6. The lowest BCUT2D eigenvalue weighted by atomic mass is 10.1. The van der Waals surface area contributed by atoms with Crippen LogP contribution in [0.25, 0.3) is 10.8 Å². The maximum atomic E-state index is 11.8. The second-order valence-electron chi connectivity index (χ2n) is 5.51. The molecule has 0 saturated carbocycles. The largest absolute Gasteiger partial charge is 0.497 e. The van der Waals surface area contributed by atoms with Crippen LogP contribution in [0.1, 0.15) is 6.92 Å². The van der Waals surface area contributed by atoms with E-state index < -0.39 is 0 Å². The number of hydrogen-bond donors (Lipinski definition) is 0. The van der Waals surface area contributed by atoms with E-state index in [4.69, 9.17) is 9.47 Å². The fraction of sp³-hybridized carbons (Fsp3) is 0.412. The Balaban J connectivity index is 1.83. The number of pyridine rings is 1. The Morgan fingerprint density at radius 2 is 2.00 bits per heavy atom. The molecule has 1 amide bonds. The third-order valence-corrected chi connectivity index (χ3v) is 4.76. The molecule has 3 rings (SSSR count). The summed E-state index contributed by atoms with van der Waals surface area (Å²) in [5.74, 6) is 1.74. The van der Waals surface area contributed by atoms with Crippen molar-refractivity contribution in [1.82, 2.24) is 9.88 Å². The molecule has 1 aliphatic rings. The normalized spacial score (nSPS) is 14.8. The third kappa shape index (κ3) is 3.26. The van der Waals surface area contributed by atoms with Crippen LogP contribution in [0.4, 0.5) is 10.6 Å². The summed E-state index contributed by atoms with van der Waals surface area (Å²) in [6.07, 6.45) is 1.57. The summed E-state index contributed by atoms with van der Waals surface area (Å²) in [5, 5.41) is 2.13. The highest BCUT2D eigenvalue weighted by atomic mass is 79.9. The second kappa shape index (κ2) is 7.25. The Kier molecular flexibility index (Phi) is 5.08. The molecule has 0 N–H and O–H groups in total. The molecular formula is C17H20BrN3O3. The van der Waals surface area contributed by atoms with E-state index in [0.29, 0.717) is 19.7 Å². The molecule has 0 spiro atoms. The Labute approximate surface area is 149 Å². The molecule has 7 heteroatoms. The molecule has 1 saturated heterocycles. The number of aromatic nitrogens is 1. The predicted octanol–water partition coefficient (Wildman–Crippen LogP) is 3.28. The van der Waals surface area contributed by atoms with Gasteiger partial charge < -0.3 is 19.3 Å². The fourth-order valence-electron chi connectivity index (χ4n) is 2.87. The van der Waals surface area contributed by atoms with Crippen LogP contribution in [0.15, 0.2) is 28.9 Å². The van der Waals surface area contributed by atoms with Gasteiger partial charge in [-0.05, 0) is 41.1 Å². The van der Waals surface area contributed by atoms with Crippen molar-refractivity contribution in [2.24, 2.45) is 0 Å². The van der Waals surface area contributed by atoms with Crippen molar-refractivity contribution in [3.8, 4) is 5.75 Å². The standard InChI is InChI=1S/C17H20BrN3O3/c1-3-24-17(22)21-8-6-20(7-9-21)16-13-5-4-12(23-2)10-14(13)15(18)11-19-16/h4-5,10-11H,3,6-9H2,1-2H3. The number of carbonyl (C=O) groups is 1. The number of rotatable bonds is 3. The van der Waals surface area contributed by atoms with Crippen LogP contribution in [0.5, 0.6) is 5.75 Å². The number of amides is 1. The Bertz CT molecular complexity index is 745. The van der Waals surface area contributed by atoms with Crippen LogP contribution in [-0.2, 0) is 4.74 Å². The second-order valence-corrected chi connectivity index (χ2v) is 6.37. The van der Waals surface area contributed by atoms with Gasteiger partial charge in [-0.1, -0.05) is 0 Å². The fourth-order valence-corrected chi connectivity index (χ4v) is 3.30. The third-order valence-electron chi connectivity index (χ3n) is 4.13. The van der Waals surface area contributed by atoms with Gasteiger partial charge >= 0.3 is 6.09 Å². The highest BCUT2D eigenvalue weighted by molar-refractivity contribution is 9.10. The van der Waals surface area contributed by atoms with E-state index in [1.54, 1.807) is 12.0 Å². The number of halogens is 1. The molecule has 0 bridgehead atoms. The lowest BCUT2D eigenvalue weighted by Crippen LogP contribution is -2.49. The summed E-state index contributed by atoms with van der Waals surface area (Å²) in [6, 6.07) is 5.97. The van der Waals surface area contributed by atoms with E-state index >= 15 is 0 Å². The number of methoxy groups -OCH3 is 1. The zero-order chi connectivity index (χ0) is 17.1. The quantitative estimate of drug-likeness (QED) is 0.800. The number of ether oxygens (including phenoxy) is 2. The van der Waals surface area contributed by atoms with Crippen molar-refractivity contribution in [3.63, 3.8) is 0 Å². The van der Waals surface area contributed by atoms with Crippen molar-refractivity contribution in [3.05, 3.63) is 28.9 Å². The minimum Gasteiger partial charge on any atom is -0.497 e. The van der Waals surface area contributed by atoms with E-state index in [9.17, 15) is 4.79 Å². The smallest absolute Gasteiger partial charge is 0.409 e. The van der Waals surface area contributed by atoms with Crippen LogP contribution < -0.4 is 9.64 Å². The molecule has 0 radical (unpaired) electrons. The average molecular weight is 394 g/mol. The summed E-state index contributed by atoms with van der Waals surface area (Å²) >= 11 is 3.56. The van der Waals surface area contributed by atoms with Crippen LogP contribution in [0.3, 0.4) is 0 Å². The molecule has 2 aromatic rings. The van der Waals surface area contributed by atoms with Crippen molar-refractivity contribution >= 4 is 38.6 Å². The molecule has 6 nitrogen and oxygen atoms in total. The molecule has 24 heavy (non-hydrogen) atoms. The topological polar surface area (TPSA) is 54.9 Å². The highest BCUT2D eigenvalue weighted by Crippen LogP contribution is 2.33. The molecule has 1 fully saturated rings. The van der Waals surface area contributed by atoms with E-state index in [0.717, 1.165) is 39.9 Å². The van der Waals surface area contributed by atoms with Gasteiger partial charge in [0.15, 0.2) is 0 Å². The zero-order valence-electron chi connectivity index (χ0n) is 13.8. The number of fused-ring (bicyclic) bond motifs is 1. The number of anilines is 1. The van der Waals surface area contributed by atoms with Gasteiger partial charge in [0, 0.05) is 47.6 Å². The van der Waals surface area contributed by atoms with Gasteiger partial charge in [0.25, 0.3) is 0 Å². The molecule has 0 unspecified atom stereocenters. The first-order valence-corrected chi connectivity index (χ1v) is 8.72. The Hall–Kier alpha value is -2.02. The van der Waals surface area contributed by atoms with Gasteiger partial charge in [-0.3, -0.25) is 0 Å². The van der Waals surface area contributed by atoms with E-state index in [1.807, 2.05) is 31.3 Å². The molecule has 1 aromatic carbocycles. The number of nitrogens with zero attached hydrogens (tertiary/aromatic N) is 3. The van der Waals surface area contributed by atoms with Gasteiger partial charge in [-0.25, -0.2) is 9.78 Å². The van der Waals surface area contributed by atoms with Gasteiger partial charge in [0.1, 0.15) is 11.6 Å². The predicted molar refractivity (Wildman–Crippen MR) is 96.8 cm³/mol. The number of carbonyl (C=O) groups excluding carboxylic acids is 1. The lowest BCUT2D eigenvalue weighted by Gasteiger charge is -2.35. The first-order valence-electron chi connectivity index (χ1n) is 7.93. The van der Waals surface area contributed by atoms with Crippen molar-refractivity contribution in [2.75, 3.05) is 44.8 Å². The molecule has 0 atom stereocenters. The molecule has 128 valence electrons. The van der Waals surface area contributed by atoms with Crippen LogP contribution in [-0.4, -0.2) is 55.9 Å². The molecule has 0 aliphatic carbocycles. The van der Waals surface area contributed by atoms with Crippen LogP contribution in [0, 0.1) is 0 Å². The van der Waals surface area contributed by atoms with E-state index in [2.05, 4.69) is 25.8 Å². The Morgan fingerprint density at radius 1 is 1.25 bits per heavy atom. The van der Waals surface area contributed by atoms with Crippen molar-refractivity contribution < 1.29 is 14.3 Å². The van der Waals surface area contributed by atoms with Gasteiger partial charge in [0.2, 0.25) is 0 Å². The summed E-state index contributed by atoms with van der Waals surface area (Å²) < 4.78 is 11.3. The number of hydrogen-bond acceptors (Lipinski definition) is 5. The monoisotopic (exact) mass is 393 g/mol. The minimum atomic E-state index is -0.240. The summed E-state index contributed by atoms with van der Waals surface area (Å²) in [7, 11) is 1.66. The van der Waals surface area contributed by atoms with Crippen LogP contribution in [0.2, 0.25) is 0 Å². The maximum absolute atomic E-state index is 11.8. The Morgan fingerprint density at radius 3 is 2.67 bits per heavy atom. The van der Waals surface area contributed by atoms with Gasteiger partial charge in [-0.2, -0.15) is 0 Å². The average Bonchev–Trinajstić information content (AvgIpc) is 2.62. The van der Waals surface area contributed by atoms with Crippen LogP contribution >= 0.6 is 15.9 Å². The van der Waals surface area contributed by atoms with E-state index in [-0.39, 0.29) is 6.09 Å². The van der Waals surface area contributed by atoms with Crippen molar-refractivity contribution in [1.29, 1.82) is 0 Å². The van der Waals surface area contributed by atoms with Gasteiger partial charge in [-0.15, -0.1) is 0 Å².